The van der Waals surface area contributed by atoms with Gasteiger partial charge in [-0.1, -0.05) is 19.9 Å². The highest BCUT2D eigenvalue weighted by atomic mass is 32.1. The van der Waals surface area contributed by atoms with Gasteiger partial charge in [-0.2, -0.15) is 0 Å². The summed E-state index contributed by atoms with van der Waals surface area (Å²) in [6.07, 6.45) is 0. The third kappa shape index (κ3) is 6.24. The molecule has 0 aliphatic carbocycles. The van der Waals surface area contributed by atoms with E-state index in [0.717, 1.165) is 12.5 Å². The van der Waals surface area contributed by atoms with E-state index >= 15 is 0 Å². The van der Waals surface area contributed by atoms with Crippen molar-refractivity contribution in [3.05, 3.63) is 22.4 Å². The average Bonchev–Trinajstić information content (AvgIpc) is 2.90. The van der Waals surface area contributed by atoms with Crippen LogP contribution < -0.4 is 16.0 Å². The van der Waals surface area contributed by atoms with Crippen LogP contribution in [0.2, 0.25) is 0 Å². The van der Waals surface area contributed by atoms with E-state index in [1.54, 1.807) is 18.4 Å². The minimum absolute atomic E-state index is 0.0243. The standard InChI is InChI=1S/C13H22N4OS/c1-10(2)12(18)15-6-7-16-13(14-3)17-9-11-5-4-8-19-11/h4-5,8,10H,6-7,9H2,1-3H3,(H,15,18)(H2,14,16,17). The number of aliphatic imine (C=N–C) groups is 1. The number of rotatable bonds is 6. The first-order valence-electron chi connectivity index (χ1n) is 6.38. The minimum Gasteiger partial charge on any atom is -0.355 e. The van der Waals surface area contributed by atoms with Crippen LogP contribution >= 0.6 is 11.3 Å². The fourth-order valence-corrected chi connectivity index (χ4v) is 2.02. The number of carbonyl (C=O) groups is 1. The summed E-state index contributed by atoms with van der Waals surface area (Å²) >= 11 is 1.71. The van der Waals surface area contributed by atoms with Crippen LogP contribution in [0.25, 0.3) is 0 Å². The van der Waals surface area contributed by atoms with Crippen LogP contribution in [0.15, 0.2) is 22.5 Å². The molecule has 0 saturated heterocycles. The molecule has 0 unspecified atom stereocenters. The molecule has 0 radical (unpaired) electrons. The maximum Gasteiger partial charge on any atom is 0.222 e. The summed E-state index contributed by atoms with van der Waals surface area (Å²) in [6, 6.07) is 4.10. The van der Waals surface area contributed by atoms with Crippen LogP contribution in [0, 0.1) is 5.92 Å². The van der Waals surface area contributed by atoms with Crippen molar-refractivity contribution >= 4 is 23.2 Å². The molecule has 106 valence electrons. The SMILES string of the molecule is CN=C(NCCNC(=O)C(C)C)NCc1cccs1. The van der Waals surface area contributed by atoms with Gasteiger partial charge in [0.05, 0.1) is 6.54 Å². The summed E-state index contributed by atoms with van der Waals surface area (Å²) in [6.45, 7) is 5.77. The van der Waals surface area contributed by atoms with Crippen LogP contribution in [-0.2, 0) is 11.3 Å². The van der Waals surface area contributed by atoms with Crippen LogP contribution in [0.4, 0.5) is 0 Å². The van der Waals surface area contributed by atoms with Gasteiger partial charge in [0.2, 0.25) is 5.91 Å². The molecule has 0 bridgehead atoms. The second-order valence-corrected chi connectivity index (χ2v) is 5.41. The van der Waals surface area contributed by atoms with Gasteiger partial charge in [-0.25, -0.2) is 0 Å². The number of guanidine groups is 1. The van der Waals surface area contributed by atoms with Crippen LogP contribution in [0.5, 0.6) is 0 Å². The molecule has 1 heterocycles. The van der Waals surface area contributed by atoms with E-state index in [-0.39, 0.29) is 11.8 Å². The van der Waals surface area contributed by atoms with Gasteiger partial charge in [-0.15, -0.1) is 11.3 Å². The van der Waals surface area contributed by atoms with Crippen molar-refractivity contribution in [1.29, 1.82) is 0 Å². The molecule has 19 heavy (non-hydrogen) atoms. The number of carbonyl (C=O) groups excluding carboxylic acids is 1. The summed E-state index contributed by atoms with van der Waals surface area (Å²) in [5.41, 5.74) is 0. The Kier molecular flexibility index (Phi) is 6.95. The lowest BCUT2D eigenvalue weighted by Crippen LogP contribution is -2.41. The smallest absolute Gasteiger partial charge is 0.222 e. The first-order valence-corrected chi connectivity index (χ1v) is 7.26. The Morgan fingerprint density at radius 2 is 2.05 bits per heavy atom. The normalized spacial score (nSPS) is 11.5. The van der Waals surface area contributed by atoms with E-state index in [1.807, 2.05) is 19.9 Å². The van der Waals surface area contributed by atoms with Gasteiger partial charge < -0.3 is 16.0 Å². The zero-order chi connectivity index (χ0) is 14.1. The zero-order valence-corrected chi connectivity index (χ0v) is 12.5. The van der Waals surface area contributed by atoms with Gasteiger partial charge in [-0.3, -0.25) is 9.79 Å². The lowest BCUT2D eigenvalue weighted by atomic mass is 10.2. The predicted molar refractivity (Wildman–Crippen MR) is 80.4 cm³/mol. The topological polar surface area (TPSA) is 65.5 Å². The van der Waals surface area contributed by atoms with Crippen LogP contribution in [0.1, 0.15) is 18.7 Å². The van der Waals surface area contributed by atoms with E-state index < -0.39 is 0 Å². The fraction of sp³-hybridized carbons (Fsp3) is 0.538. The number of nitrogens with zero attached hydrogens (tertiary/aromatic N) is 1. The highest BCUT2D eigenvalue weighted by molar-refractivity contribution is 7.09. The van der Waals surface area contributed by atoms with E-state index in [1.165, 1.54) is 4.88 Å². The second-order valence-electron chi connectivity index (χ2n) is 4.38. The summed E-state index contributed by atoms with van der Waals surface area (Å²) in [5, 5.41) is 11.3. The van der Waals surface area contributed by atoms with Crippen LogP contribution in [-0.4, -0.2) is 32.0 Å². The molecule has 1 aromatic heterocycles. The van der Waals surface area contributed by atoms with Gasteiger partial charge in [0.15, 0.2) is 5.96 Å². The predicted octanol–water partition coefficient (Wildman–Crippen LogP) is 1.19. The number of nitrogens with one attached hydrogen (secondary N) is 3. The highest BCUT2D eigenvalue weighted by Crippen LogP contribution is 2.06. The Hall–Kier alpha value is -1.56. The molecule has 0 spiro atoms. The van der Waals surface area contributed by atoms with Gasteiger partial charge in [0.1, 0.15) is 0 Å². The molecular weight excluding hydrogens is 260 g/mol. The lowest BCUT2D eigenvalue weighted by Gasteiger charge is -2.12. The lowest BCUT2D eigenvalue weighted by molar-refractivity contribution is -0.123. The first-order chi connectivity index (χ1) is 9.13. The molecule has 0 aliphatic rings. The number of thiophene rings is 1. The van der Waals surface area contributed by atoms with Crippen molar-refractivity contribution in [2.45, 2.75) is 20.4 Å². The van der Waals surface area contributed by atoms with Crippen molar-refractivity contribution in [1.82, 2.24) is 16.0 Å². The molecule has 0 atom stereocenters. The van der Waals surface area contributed by atoms with Crippen molar-refractivity contribution in [2.75, 3.05) is 20.1 Å². The molecule has 0 aliphatic heterocycles. The summed E-state index contributed by atoms with van der Waals surface area (Å²) in [4.78, 5) is 16.7. The van der Waals surface area contributed by atoms with E-state index in [0.29, 0.717) is 13.1 Å². The summed E-state index contributed by atoms with van der Waals surface area (Å²) < 4.78 is 0. The fourth-order valence-electron chi connectivity index (χ4n) is 1.38. The third-order valence-corrected chi connectivity index (χ3v) is 3.35. The minimum atomic E-state index is 0.0243. The monoisotopic (exact) mass is 282 g/mol. The molecule has 6 heteroatoms. The van der Waals surface area contributed by atoms with Crippen molar-refractivity contribution in [2.24, 2.45) is 10.9 Å². The largest absolute Gasteiger partial charge is 0.355 e. The average molecular weight is 282 g/mol. The maximum absolute atomic E-state index is 11.4. The molecule has 1 rings (SSSR count). The maximum atomic E-state index is 11.4. The van der Waals surface area contributed by atoms with Gasteiger partial charge in [0.25, 0.3) is 0 Å². The molecule has 0 saturated carbocycles. The molecular formula is C13H22N4OS. The summed E-state index contributed by atoms with van der Waals surface area (Å²) in [5.74, 6) is 0.840. The van der Waals surface area contributed by atoms with Crippen molar-refractivity contribution < 1.29 is 4.79 Å². The Morgan fingerprint density at radius 3 is 2.63 bits per heavy atom. The van der Waals surface area contributed by atoms with Gasteiger partial charge in [-0.05, 0) is 11.4 Å². The van der Waals surface area contributed by atoms with E-state index in [2.05, 4.69) is 32.4 Å². The highest BCUT2D eigenvalue weighted by Gasteiger charge is 2.05. The number of hydrogen-bond donors (Lipinski definition) is 3. The van der Waals surface area contributed by atoms with Gasteiger partial charge >= 0.3 is 0 Å². The second kappa shape index (κ2) is 8.53. The molecule has 0 aromatic carbocycles. The van der Waals surface area contributed by atoms with Crippen molar-refractivity contribution in [3.63, 3.8) is 0 Å². The number of hydrogen-bond acceptors (Lipinski definition) is 3. The Labute approximate surface area is 118 Å². The van der Waals surface area contributed by atoms with Crippen molar-refractivity contribution in [3.8, 4) is 0 Å². The third-order valence-electron chi connectivity index (χ3n) is 2.47. The molecule has 1 amide bonds. The Balaban J connectivity index is 2.17. The molecule has 3 N–H and O–H groups in total. The molecule has 1 aromatic rings. The van der Waals surface area contributed by atoms with E-state index in [9.17, 15) is 4.79 Å². The summed E-state index contributed by atoms with van der Waals surface area (Å²) in [7, 11) is 1.73. The number of amides is 1. The Morgan fingerprint density at radius 1 is 1.32 bits per heavy atom. The molecule has 0 fully saturated rings. The quantitative estimate of drug-likeness (QED) is 0.417. The first kappa shape index (κ1) is 15.5. The Bertz CT molecular complexity index is 401. The van der Waals surface area contributed by atoms with E-state index in [4.69, 9.17) is 0 Å². The molecule has 5 nitrogen and oxygen atoms in total. The van der Waals surface area contributed by atoms with Crippen LogP contribution in [0.3, 0.4) is 0 Å². The van der Waals surface area contributed by atoms with Gasteiger partial charge in [0, 0.05) is 30.9 Å². The zero-order valence-electron chi connectivity index (χ0n) is 11.7.